The molecule has 26 heavy (non-hydrogen) atoms. The Morgan fingerprint density at radius 3 is 2.38 bits per heavy atom. The maximum Gasteiger partial charge on any atom is 0.336 e. The fourth-order valence-electron chi connectivity index (χ4n) is 3.04. The van der Waals surface area contributed by atoms with Crippen LogP contribution in [0.15, 0.2) is 46.8 Å². The molecule has 1 unspecified atom stereocenters. The number of esters is 2. The highest BCUT2D eigenvalue weighted by Crippen LogP contribution is 2.39. The van der Waals surface area contributed by atoms with Crippen molar-refractivity contribution in [2.75, 3.05) is 13.7 Å². The second-order valence-corrected chi connectivity index (χ2v) is 5.78. The van der Waals surface area contributed by atoms with Crippen molar-refractivity contribution in [1.82, 2.24) is 5.32 Å². The molecular weight excluding hydrogens is 340 g/mol. The number of dihydropyridines is 1. The van der Waals surface area contributed by atoms with Gasteiger partial charge in [-0.2, -0.15) is 5.23 Å². The van der Waals surface area contributed by atoms with E-state index < -0.39 is 23.1 Å². The predicted molar refractivity (Wildman–Crippen MR) is 92.1 cm³/mol. The van der Waals surface area contributed by atoms with Crippen molar-refractivity contribution in [1.29, 1.82) is 0 Å². The molecule has 0 amide bonds. The third-order valence-electron chi connectivity index (χ3n) is 4.13. The SMILES string of the molecule is CCOC(=O)C1=C(C)NC(C)=C(C(=O)OC)[C@@H]1c1cccc([NH+]([O-])O)c1. The molecule has 2 atom stereocenters. The second-order valence-electron chi connectivity index (χ2n) is 5.78. The van der Waals surface area contributed by atoms with E-state index in [-0.39, 0.29) is 23.4 Å². The van der Waals surface area contributed by atoms with Gasteiger partial charge in [0.1, 0.15) is 0 Å². The Balaban J connectivity index is 2.68. The standard InChI is InChI=1S/C18H22N2O6/c1-5-26-18(22)15-11(3)19-10(2)14(17(21)25-4)16(15)12-7-6-8-13(9-12)20(23)24/h6-9,16,19-20,23H,5H2,1-4H3/t16-/m0/s1. The lowest BCUT2D eigenvalue weighted by Crippen LogP contribution is -2.99. The number of ether oxygens (including phenoxy) is 2. The van der Waals surface area contributed by atoms with Crippen LogP contribution in [0.3, 0.4) is 0 Å². The van der Waals surface area contributed by atoms with Gasteiger partial charge in [0, 0.05) is 23.5 Å². The van der Waals surface area contributed by atoms with Crippen LogP contribution in [-0.2, 0) is 19.1 Å². The lowest BCUT2D eigenvalue weighted by Gasteiger charge is -2.30. The van der Waals surface area contributed by atoms with Gasteiger partial charge in [0.15, 0.2) is 5.69 Å². The third-order valence-corrected chi connectivity index (χ3v) is 4.13. The molecule has 1 aliphatic rings. The van der Waals surface area contributed by atoms with Crippen LogP contribution in [-0.4, -0.2) is 30.9 Å². The van der Waals surface area contributed by atoms with Crippen LogP contribution in [0, 0.1) is 5.21 Å². The van der Waals surface area contributed by atoms with Gasteiger partial charge >= 0.3 is 11.9 Å². The third kappa shape index (κ3) is 3.77. The smallest absolute Gasteiger partial charge is 0.336 e. The van der Waals surface area contributed by atoms with Crippen molar-refractivity contribution in [3.05, 3.63) is 57.6 Å². The topological polar surface area (TPSA) is 112 Å². The molecule has 0 aliphatic carbocycles. The maximum atomic E-state index is 12.6. The number of carbonyl (C=O) groups is 2. The summed E-state index contributed by atoms with van der Waals surface area (Å²) in [4.78, 5) is 25.0. The Morgan fingerprint density at radius 1 is 1.23 bits per heavy atom. The van der Waals surface area contributed by atoms with Gasteiger partial charge in [-0.1, -0.05) is 12.1 Å². The average molecular weight is 362 g/mol. The first-order valence-electron chi connectivity index (χ1n) is 8.09. The number of quaternary nitrogens is 1. The molecule has 140 valence electrons. The number of methoxy groups -OCH3 is 1. The largest absolute Gasteiger partial charge is 0.595 e. The Bertz CT molecular complexity index is 782. The van der Waals surface area contributed by atoms with E-state index in [1.165, 1.54) is 19.2 Å². The van der Waals surface area contributed by atoms with Crippen molar-refractivity contribution in [2.45, 2.75) is 26.7 Å². The first-order valence-corrected chi connectivity index (χ1v) is 8.09. The first-order chi connectivity index (χ1) is 12.3. The number of rotatable bonds is 5. The lowest BCUT2D eigenvalue weighted by molar-refractivity contribution is -0.991. The van der Waals surface area contributed by atoms with Crippen LogP contribution >= 0.6 is 0 Å². The molecule has 0 fully saturated rings. The molecule has 1 heterocycles. The zero-order valence-electron chi connectivity index (χ0n) is 15.1. The summed E-state index contributed by atoms with van der Waals surface area (Å²) in [7, 11) is 1.25. The van der Waals surface area contributed by atoms with E-state index in [0.717, 1.165) is 0 Å². The minimum absolute atomic E-state index is 0.0590. The van der Waals surface area contributed by atoms with Crippen LogP contribution in [0.4, 0.5) is 5.69 Å². The highest BCUT2D eigenvalue weighted by Gasteiger charge is 2.38. The maximum absolute atomic E-state index is 12.6. The van der Waals surface area contributed by atoms with E-state index in [9.17, 15) is 20.0 Å². The Labute approximate surface area is 151 Å². The molecule has 8 heteroatoms. The molecule has 0 bridgehead atoms. The molecule has 0 aromatic heterocycles. The minimum Gasteiger partial charge on any atom is -0.595 e. The predicted octanol–water partition coefficient (Wildman–Crippen LogP) is 1.06. The highest BCUT2D eigenvalue weighted by atomic mass is 16.8. The quantitative estimate of drug-likeness (QED) is 0.530. The van der Waals surface area contributed by atoms with Gasteiger partial charge in [-0.15, -0.1) is 0 Å². The van der Waals surface area contributed by atoms with Gasteiger partial charge < -0.3 is 20.0 Å². The number of carbonyl (C=O) groups excluding carboxylic acids is 2. The molecule has 0 saturated heterocycles. The molecule has 1 aromatic rings. The van der Waals surface area contributed by atoms with Gasteiger partial charge in [-0.25, -0.2) is 14.8 Å². The van der Waals surface area contributed by atoms with Crippen molar-refractivity contribution in [3.63, 3.8) is 0 Å². The van der Waals surface area contributed by atoms with Crippen LogP contribution in [0.25, 0.3) is 0 Å². The summed E-state index contributed by atoms with van der Waals surface area (Å²) in [6.07, 6.45) is 0. The number of hydrogen-bond acceptors (Lipinski definition) is 7. The Morgan fingerprint density at radius 2 is 1.85 bits per heavy atom. The zero-order chi connectivity index (χ0) is 19.4. The number of hydrogen-bond donors (Lipinski definition) is 3. The van der Waals surface area contributed by atoms with E-state index >= 15 is 0 Å². The molecule has 0 saturated carbocycles. The zero-order valence-corrected chi connectivity index (χ0v) is 15.1. The molecule has 2 rings (SSSR count). The summed E-state index contributed by atoms with van der Waals surface area (Å²) in [6, 6.07) is 6.14. The van der Waals surface area contributed by atoms with Crippen LogP contribution in [0.1, 0.15) is 32.3 Å². The van der Waals surface area contributed by atoms with E-state index in [4.69, 9.17) is 9.47 Å². The summed E-state index contributed by atoms with van der Waals surface area (Å²) in [6.45, 7) is 5.27. The van der Waals surface area contributed by atoms with E-state index in [1.54, 1.807) is 32.9 Å². The van der Waals surface area contributed by atoms with E-state index in [0.29, 0.717) is 17.0 Å². The molecule has 0 spiro atoms. The van der Waals surface area contributed by atoms with Crippen molar-refractivity contribution >= 4 is 17.6 Å². The Hall–Kier alpha value is -2.68. The first kappa shape index (κ1) is 19.6. The number of nitrogens with one attached hydrogen (secondary N) is 2. The summed E-state index contributed by atoms with van der Waals surface area (Å²) in [5, 5.41) is 22.5. The van der Waals surface area contributed by atoms with Gasteiger partial charge in [-0.3, -0.25) is 0 Å². The van der Waals surface area contributed by atoms with Crippen LogP contribution in [0.2, 0.25) is 0 Å². The number of allylic oxidation sites excluding steroid dienone is 2. The van der Waals surface area contributed by atoms with Crippen molar-refractivity contribution < 1.29 is 29.5 Å². The molecule has 1 aliphatic heterocycles. The fourth-order valence-corrected chi connectivity index (χ4v) is 3.04. The lowest BCUT2D eigenvalue weighted by atomic mass is 9.80. The molecule has 0 radical (unpaired) electrons. The fraction of sp³-hybridized carbons (Fsp3) is 0.333. The summed E-state index contributed by atoms with van der Waals surface area (Å²) >= 11 is 0. The van der Waals surface area contributed by atoms with Gasteiger partial charge in [0.25, 0.3) is 0 Å². The van der Waals surface area contributed by atoms with Gasteiger partial charge in [0.05, 0.1) is 30.8 Å². The summed E-state index contributed by atoms with van der Waals surface area (Å²) in [5.41, 5.74) is 2.12. The molecular formula is C18H22N2O6. The van der Waals surface area contributed by atoms with E-state index in [2.05, 4.69) is 5.32 Å². The Kier molecular flexibility index (Phi) is 6.14. The van der Waals surface area contributed by atoms with E-state index in [1.807, 2.05) is 0 Å². The minimum atomic E-state index is -1.10. The number of benzene rings is 1. The van der Waals surface area contributed by atoms with Crippen molar-refractivity contribution in [3.8, 4) is 0 Å². The van der Waals surface area contributed by atoms with Gasteiger partial charge in [-0.05, 0) is 26.3 Å². The normalized spacial score (nSPS) is 18.3. The molecule has 8 nitrogen and oxygen atoms in total. The van der Waals surface area contributed by atoms with Gasteiger partial charge in [0.2, 0.25) is 0 Å². The monoisotopic (exact) mass is 362 g/mol. The summed E-state index contributed by atoms with van der Waals surface area (Å²) < 4.78 is 10.0. The molecule has 3 N–H and O–H groups in total. The average Bonchev–Trinajstić information content (AvgIpc) is 2.60. The van der Waals surface area contributed by atoms with Crippen LogP contribution in [0.5, 0.6) is 0 Å². The van der Waals surface area contributed by atoms with Crippen LogP contribution < -0.4 is 10.5 Å². The summed E-state index contributed by atoms with van der Waals surface area (Å²) in [5.74, 6) is -1.96. The van der Waals surface area contributed by atoms with Crippen molar-refractivity contribution in [2.24, 2.45) is 0 Å². The second kappa shape index (κ2) is 8.13. The molecule has 1 aromatic carbocycles. The highest BCUT2D eigenvalue weighted by molar-refractivity contribution is 5.99.